The molecule has 4 nitrogen and oxygen atoms in total. The molecule has 4 unspecified atom stereocenters. The predicted octanol–water partition coefficient (Wildman–Crippen LogP) is 2.62. The molecule has 0 aromatic carbocycles. The van der Waals surface area contributed by atoms with E-state index in [-0.39, 0.29) is 12.0 Å². The highest BCUT2D eigenvalue weighted by atomic mass is 16.5. The summed E-state index contributed by atoms with van der Waals surface area (Å²) in [5.74, 6) is 0.432. The summed E-state index contributed by atoms with van der Waals surface area (Å²) in [6, 6.07) is 0.595. The highest BCUT2D eigenvalue weighted by molar-refractivity contribution is 5.71. The van der Waals surface area contributed by atoms with E-state index in [4.69, 9.17) is 4.74 Å². The third-order valence-electron chi connectivity index (χ3n) is 4.90. The average molecular weight is 283 g/mol. The topological polar surface area (TPSA) is 49.8 Å². The predicted molar refractivity (Wildman–Crippen MR) is 78.7 cm³/mol. The molecule has 1 saturated carbocycles. The molecule has 116 valence electrons. The van der Waals surface area contributed by atoms with Crippen LogP contribution in [0.15, 0.2) is 0 Å². The molecule has 4 atom stereocenters. The molecule has 0 aromatic heterocycles. The summed E-state index contributed by atoms with van der Waals surface area (Å²) in [6.07, 6.45) is 4.78. The van der Waals surface area contributed by atoms with E-state index in [0.29, 0.717) is 19.3 Å². The summed E-state index contributed by atoms with van der Waals surface area (Å²) in [4.78, 5) is 13.9. The first-order chi connectivity index (χ1) is 9.52. The van der Waals surface area contributed by atoms with Crippen molar-refractivity contribution in [3.8, 4) is 0 Å². The highest BCUT2D eigenvalue weighted by Crippen LogP contribution is 2.34. The van der Waals surface area contributed by atoms with E-state index < -0.39 is 5.97 Å². The summed E-state index contributed by atoms with van der Waals surface area (Å²) < 4.78 is 5.48. The van der Waals surface area contributed by atoms with Crippen molar-refractivity contribution >= 4 is 5.97 Å². The van der Waals surface area contributed by atoms with Crippen LogP contribution in [0.25, 0.3) is 0 Å². The van der Waals surface area contributed by atoms with Gasteiger partial charge in [-0.2, -0.15) is 0 Å². The summed E-state index contributed by atoms with van der Waals surface area (Å²) in [6.45, 7) is 8.77. The van der Waals surface area contributed by atoms with E-state index in [9.17, 15) is 9.90 Å². The number of hydrogen-bond acceptors (Lipinski definition) is 3. The fourth-order valence-corrected chi connectivity index (χ4v) is 4.16. The van der Waals surface area contributed by atoms with Gasteiger partial charge < -0.3 is 9.84 Å². The monoisotopic (exact) mass is 283 g/mol. The lowest BCUT2D eigenvalue weighted by Gasteiger charge is -2.42. The van der Waals surface area contributed by atoms with Gasteiger partial charge in [-0.3, -0.25) is 9.69 Å². The van der Waals surface area contributed by atoms with Gasteiger partial charge in [0, 0.05) is 12.1 Å². The molecule has 0 bridgehead atoms. The minimum atomic E-state index is -0.703. The smallest absolute Gasteiger partial charge is 0.310 e. The van der Waals surface area contributed by atoms with Crippen molar-refractivity contribution in [1.82, 2.24) is 4.90 Å². The van der Waals surface area contributed by atoms with Gasteiger partial charge in [-0.05, 0) is 44.1 Å². The molecule has 1 saturated heterocycles. The largest absolute Gasteiger partial charge is 0.481 e. The second-order valence-corrected chi connectivity index (χ2v) is 6.86. The number of carboxylic acid groups (broad SMARTS) is 1. The van der Waals surface area contributed by atoms with Crippen molar-refractivity contribution in [1.29, 1.82) is 0 Å². The Hall–Kier alpha value is -0.610. The van der Waals surface area contributed by atoms with E-state index in [1.165, 1.54) is 19.3 Å². The first kappa shape index (κ1) is 15.8. The second-order valence-electron chi connectivity index (χ2n) is 6.86. The van der Waals surface area contributed by atoms with E-state index in [0.717, 1.165) is 24.8 Å². The molecular weight excluding hydrogens is 254 g/mol. The Morgan fingerprint density at radius 3 is 2.40 bits per heavy atom. The van der Waals surface area contributed by atoms with Crippen LogP contribution in [0.2, 0.25) is 0 Å². The quantitative estimate of drug-likeness (QED) is 0.842. The lowest BCUT2D eigenvalue weighted by molar-refractivity contribution is -0.143. The van der Waals surface area contributed by atoms with Crippen LogP contribution >= 0.6 is 0 Å². The number of carboxylic acids is 1. The maximum absolute atomic E-state index is 11.4. The minimum Gasteiger partial charge on any atom is -0.481 e. The van der Waals surface area contributed by atoms with Gasteiger partial charge in [-0.15, -0.1) is 0 Å². The molecule has 4 heteroatoms. The molecule has 20 heavy (non-hydrogen) atoms. The number of carbonyl (C=O) groups is 1. The Kier molecular flexibility index (Phi) is 5.44. The van der Waals surface area contributed by atoms with Crippen LogP contribution in [0.4, 0.5) is 0 Å². The van der Waals surface area contributed by atoms with Gasteiger partial charge >= 0.3 is 5.97 Å². The van der Waals surface area contributed by atoms with Crippen LogP contribution < -0.4 is 0 Å². The Bertz CT molecular complexity index is 324. The second kappa shape index (κ2) is 6.90. The number of aliphatic carboxylic acids is 1. The van der Waals surface area contributed by atoms with Gasteiger partial charge in [-0.25, -0.2) is 0 Å². The van der Waals surface area contributed by atoms with Crippen LogP contribution in [-0.2, 0) is 9.53 Å². The molecule has 2 fully saturated rings. The zero-order valence-corrected chi connectivity index (χ0v) is 13.0. The summed E-state index contributed by atoms with van der Waals surface area (Å²) in [5, 5.41) is 9.40. The molecule has 1 N–H and O–H groups in total. The molecule has 0 aromatic rings. The van der Waals surface area contributed by atoms with Crippen molar-refractivity contribution in [2.75, 3.05) is 19.8 Å². The van der Waals surface area contributed by atoms with Gasteiger partial charge in [0.1, 0.15) is 0 Å². The van der Waals surface area contributed by atoms with E-state index in [1.54, 1.807) is 0 Å². The van der Waals surface area contributed by atoms with Crippen LogP contribution in [0, 0.1) is 17.8 Å². The maximum atomic E-state index is 11.4. The first-order valence-electron chi connectivity index (χ1n) is 8.09. The van der Waals surface area contributed by atoms with Crippen LogP contribution in [0.3, 0.4) is 0 Å². The summed E-state index contributed by atoms with van der Waals surface area (Å²) >= 11 is 0. The molecule has 2 rings (SSSR count). The van der Waals surface area contributed by atoms with Gasteiger partial charge in [0.2, 0.25) is 0 Å². The molecule has 1 aliphatic heterocycles. The third kappa shape index (κ3) is 3.53. The summed E-state index contributed by atoms with van der Waals surface area (Å²) in [5.41, 5.74) is 0. The van der Waals surface area contributed by atoms with Crippen LogP contribution in [0.1, 0.15) is 46.5 Å². The highest BCUT2D eigenvalue weighted by Gasteiger charge is 2.41. The molecule has 1 aliphatic carbocycles. The zero-order valence-electron chi connectivity index (χ0n) is 13.0. The molecule has 0 spiro atoms. The van der Waals surface area contributed by atoms with Gasteiger partial charge in [0.05, 0.1) is 19.1 Å². The van der Waals surface area contributed by atoms with E-state index in [2.05, 4.69) is 25.7 Å². The first-order valence-corrected chi connectivity index (χ1v) is 8.09. The van der Waals surface area contributed by atoms with Crippen LogP contribution in [0.5, 0.6) is 0 Å². The van der Waals surface area contributed by atoms with Gasteiger partial charge in [0.15, 0.2) is 0 Å². The van der Waals surface area contributed by atoms with Crippen LogP contribution in [-0.4, -0.2) is 47.8 Å². The normalized spacial score (nSPS) is 38.3. The van der Waals surface area contributed by atoms with Crippen molar-refractivity contribution in [3.05, 3.63) is 0 Å². The number of nitrogens with zero attached hydrogens (tertiary/aromatic N) is 1. The number of rotatable bonds is 5. The van der Waals surface area contributed by atoms with E-state index in [1.807, 2.05) is 0 Å². The fourth-order valence-electron chi connectivity index (χ4n) is 4.16. The van der Waals surface area contributed by atoms with Crippen molar-refractivity contribution in [3.63, 3.8) is 0 Å². The molecule has 1 heterocycles. The lowest BCUT2D eigenvalue weighted by atomic mass is 9.79. The molecule has 2 aliphatic rings. The molecule has 0 radical (unpaired) electrons. The van der Waals surface area contributed by atoms with E-state index >= 15 is 0 Å². The Labute approximate surface area is 122 Å². The zero-order chi connectivity index (χ0) is 14.7. The van der Waals surface area contributed by atoms with Crippen molar-refractivity contribution in [2.24, 2.45) is 17.8 Å². The SMILES string of the molecule is CCCN(C1CC(C)CC(C)C1)C1COCC1C(=O)O. The average Bonchev–Trinajstić information content (AvgIpc) is 2.83. The molecular formula is C16H29NO3. The Morgan fingerprint density at radius 2 is 1.85 bits per heavy atom. The summed E-state index contributed by atoms with van der Waals surface area (Å²) in [7, 11) is 0. The number of ether oxygens (including phenoxy) is 1. The van der Waals surface area contributed by atoms with Crippen molar-refractivity contribution in [2.45, 2.75) is 58.5 Å². The van der Waals surface area contributed by atoms with Gasteiger partial charge in [0.25, 0.3) is 0 Å². The standard InChI is InChI=1S/C16H29NO3/c1-4-5-17(13-7-11(2)6-12(3)8-13)15-10-20-9-14(15)16(18)19/h11-15H,4-10H2,1-3H3,(H,18,19). The Balaban J connectivity index is 2.11. The maximum Gasteiger partial charge on any atom is 0.310 e. The molecule has 0 amide bonds. The minimum absolute atomic E-state index is 0.0648. The lowest BCUT2D eigenvalue weighted by Crippen LogP contribution is -2.51. The fraction of sp³-hybridized carbons (Fsp3) is 0.938. The number of hydrogen-bond donors (Lipinski definition) is 1. The van der Waals surface area contributed by atoms with Crippen molar-refractivity contribution < 1.29 is 14.6 Å². The Morgan fingerprint density at radius 1 is 1.20 bits per heavy atom. The van der Waals surface area contributed by atoms with Gasteiger partial charge in [-0.1, -0.05) is 20.8 Å². The third-order valence-corrected chi connectivity index (χ3v) is 4.90.